The lowest BCUT2D eigenvalue weighted by Crippen LogP contribution is -2.47. The van der Waals surface area contributed by atoms with Crippen LogP contribution in [0.4, 0.5) is 9.80 Å². The van der Waals surface area contributed by atoms with E-state index in [4.69, 9.17) is 9.15 Å². The molecule has 1 spiro atoms. The number of carbonyl (C=O) groups is 4. The van der Waals surface area contributed by atoms with Crippen molar-refractivity contribution in [2.24, 2.45) is 0 Å². The molecule has 0 atom stereocenters. The van der Waals surface area contributed by atoms with E-state index in [1.165, 1.54) is 0 Å². The van der Waals surface area contributed by atoms with E-state index in [0.29, 0.717) is 29.9 Å². The average molecular weight is 474 g/mol. The zero-order valence-electron chi connectivity index (χ0n) is 18.7. The van der Waals surface area contributed by atoms with E-state index >= 15 is 0 Å². The van der Waals surface area contributed by atoms with Crippen LogP contribution < -0.4 is 10.6 Å². The smallest absolute Gasteiger partial charge is 0.341 e. The Balaban J connectivity index is 1.53. The minimum atomic E-state index is -0.906. The minimum Gasteiger partial charge on any atom is -0.462 e. The molecule has 4 rings (SSSR count). The number of carbonyl (C=O) groups excluding carboxylic acids is 4. The van der Waals surface area contributed by atoms with Gasteiger partial charge in [0.1, 0.15) is 34.2 Å². The van der Waals surface area contributed by atoms with Crippen LogP contribution in [0, 0.1) is 6.92 Å². The molecular weight excluding hydrogens is 446 g/mol. The number of aryl methyl sites for hydroxylation is 1. The molecule has 3 heterocycles. The normalized spacial score (nSPS) is 17.7. The molecule has 9 nitrogen and oxygen atoms in total. The number of thiophene rings is 1. The number of nitrogens with zero attached hydrogens (tertiary/aromatic N) is 1. The van der Waals surface area contributed by atoms with Crippen molar-refractivity contribution < 1.29 is 28.3 Å². The van der Waals surface area contributed by atoms with Gasteiger partial charge in [-0.3, -0.25) is 14.5 Å². The molecule has 0 aromatic carbocycles. The molecule has 1 aliphatic heterocycles. The first-order valence-corrected chi connectivity index (χ1v) is 12.0. The summed E-state index contributed by atoms with van der Waals surface area (Å²) in [5.74, 6) is -0.350. The predicted molar refractivity (Wildman–Crippen MR) is 122 cm³/mol. The summed E-state index contributed by atoms with van der Waals surface area (Å²) in [6.45, 7) is 3.23. The van der Waals surface area contributed by atoms with Crippen molar-refractivity contribution in [2.75, 3.05) is 18.5 Å². The van der Waals surface area contributed by atoms with Gasteiger partial charge in [-0.15, -0.1) is 11.3 Å². The van der Waals surface area contributed by atoms with Crippen molar-refractivity contribution >= 4 is 40.2 Å². The molecule has 1 aliphatic carbocycles. The lowest BCUT2D eigenvalue weighted by molar-refractivity contribution is -0.134. The molecule has 2 aromatic heterocycles. The number of amides is 4. The summed E-state index contributed by atoms with van der Waals surface area (Å²) in [7, 11) is 0. The Morgan fingerprint density at radius 1 is 1.21 bits per heavy atom. The monoisotopic (exact) mass is 473 g/mol. The predicted octanol–water partition coefficient (Wildman–Crippen LogP) is 4.08. The van der Waals surface area contributed by atoms with Crippen LogP contribution in [0.15, 0.2) is 21.9 Å². The molecule has 1 saturated carbocycles. The van der Waals surface area contributed by atoms with Gasteiger partial charge in [0.05, 0.1) is 6.61 Å². The molecule has 1 saturated heterocycles. The molecule has 0 bridgehead atoms. The zero-order valence-corrected chi connectivity index (χ0v) is 19.5. The molecule has 2 aliphatic rings. The summed E-state index contributed by atoms with van der Waals surface area (Å²) < 4.78 is 10.8. The van der Waals surface area contributed by atoms with Gasteiger partial charge in [-0.25, -0.2) is 9.59 Å². The standard InChI is InChI=1S/C23H27N3O6S/c1-3-31-20(28)18-15(16-9-8-14(2)32-16)13-33-19(18)24-17(27)12-26-21(29)23(25-22(26)30)10-6-4-5-7-11-23/h8-9,13H,3-7,10-12H2,1-2H3,(H,24,27)(H,25,30). The summed E-state index contributed by atoms with van der Waals surface area (Å²) in [4.78, 5) is 52.1. The molecule has 2 aromatic rings. The fourth-order valence-electron chi connectivity index (χ4n) is 4.42. The van der Waals surface area contributed by atoms with Gasteiger partial charge in [0.2, 0.25) is 5.91 Å². The number of nitrogens with one attached hydrogen (secondary N) is 2. The average Bonchev–Trinajstić information content (AvgIpc) is 3.37. The van der Waals surface area contributed by atoms with Crippen LogP contribution >= 0.6 is 11.3 Å². The van der Waals surface area contributed by atoms with E-state index in [1.54, 1.807) is 31.4 Å². The second kappa shape index (κ2) is 9.38. The zero-order chi connectivity index (χ0) is 23.6. The molecule has 4 amide bonds. The van der Waals surface area contributed by atoms with Gasteiger partial charge in [0.25, 0.3) is 5.91 Å². The number of imide groups is 1. The highest BCUT2D eigenvalue weighted by molar-refractivity contribution is 7.15. The first kappa shape index (κ1) is 23.0. The van der Waals surface area contributed by atoms with Crippen LogP contribution in [-0.4, -0.2) is 47.4 Å². The number of hydrogen-bond donors (Lipinski definition) is 2. The molecule has 33 heavy (non-hydrogen) atoms. The van der Waals surface area contributed by atoms with Crippen molar-refractivity contribution in [1.29, 1.82) is 0 Å². The quantitative estimate of drug-likeness (QED) is 0.482. The third kappa shape index (κ3) is 4.52. The summed E-state index contributed by atoms with van der Waals surface area (Å²) in [5, 5.41) is 7.49. The first-order chi connectivity index (χ1) is 15.8. The van der Waals surface area contributed by atoms with Gasteiger partial charge >= 0.3 is 12.0 Å². The van der Waals surface area contributed by atoms with Gasteiger partial charge in [0, 0.05) is 10.9 Å². The number of esters is 1. The molecule has 0 radical (unpaired) electrons. The highest BCUT2D eigenvalue weighted by Crippen LogP contribution is 2.37. The summed E-state index contributed by atoms with van der Waals surface area (Å²) in [6.07, 6.45) is 4.94. The van der Waals surface area contributed by atoms with Gasteiger partial charge in [-0.1, -0.05) is 25.7 Å². The number of ether oxygens (including phenoxy) is 1. The van der Waals surface area contributed by atoms with E-state index in [1.807, 2.05) is 0 Å². The minimum absolute atomic E-state index is 0.170. The molecule has 176 valence electrons. The Bertz CT molecular complexity index is 1080. The fourth-order valence-corrected chi connectivity index (χ4v) is 5.37. The molecule has 10 heteroatoms. The van der Waals surface area contributed by atoms with Crippen LogP contribution in [-0.2, 0) is 14.3 Å². The van der Waals surface area contributed by atoms with E-state index in [2.05, 4.69) is 10.6 Å². The second-order valence-electron chi connectivity index (χ2n) is 8.35. The Morgan fingerprint density at radius 3 is 2.58 bits per heavy atom. The van der Waals surface area contributed by atoms with E-state index in [9.17, 15) is 19.2 Å². The Morgan fingerprint density at radius 2 is 1.94 bits per heavy atom. The van der Waals surface area contributed by atoms with Crippen molar-refractivity contribution in [3.05, 3.63) is 28.8 Å². The molecule has 0 unspecified atom stereocenters. The maximum absolute atomic E-state index is 13.1. The van der Waals surface area contributed by atoms with Crippen molar-refractivity contribution in [3.8, 4) is 11.3 Å². The maximum atomic E-state index is 13.1. The first-order valence-electron chi connectivity index (χ1n) is 11.1. The molecular formula is C23H27N3O6S. The van der Waals surface area contributed by atoms with Crippen molar-refractivity contribution in [2.45, 2.75) is 57.9 Å². The number of anilines is 1. The van der Waals surface area contributed by atoms with E-state index in [0.717, 1.165) is 41.9 Å². The van der Waals surface area contributed by atoms with Gasteiger partial charge in [-0.2, -0.15) is 0 Å². The number of rotatable bonds is 6. The fraction of sp³-hybridized carbons (Fsp3) is 0.478. The highest BCUT2D eigenvalue weighted by Gasteiger charge is 2.51. The summed E-state index contributed by atoms with van der Waals surface area (Å²) >= 11 is 1.15. The highest BCUT2D eigenvalue weighted by atomic mass is 32.1. The molecule has 2 fully saturated rings. The largest absolute Gasteiger partial charge is 0.462 e. The number of hydrogen-bond acceptors (Lipinski definition) is 7. The molecule has 2 N–H and O–H groups in total. The SMILES string of the molecule is CCOC(=O)c1c(-c2ccc(C)o2)csc1NC(=O)CN1C(=O)NC2(CCCCCC2)C1=O. The van der Waals surface area contributed by atoms with Crippen LogP contribution in [0.3, 0.4) is 0 Å². The van der Waals surface area contributed by atoms with E-state index in [-0.39, 0.29) is 23.1 Å². The van der Waals surface area contributed by atoms with Crippen LogP contribution in [0.2, 0.25) is 0 Å². The van der Waals surface area contributed by atoms with Gasteiger partial charge in [0.15, 0.2) is 0 Å². The lowest BCUT2D eigenvalue weighted by Gasteiger charge is -2.24. The third-order valence-electron chi connectivity index (χ3n) is 6.03. The lowest BCUT2D eigenvalue weighted by atomic mass is 9.90. The van der Waals surface area contributed by atoms with Crippen molar-refractivity contribution in [3.63, 3.8) is 0 Å². The topological polar surface area (TPSA) is 118 Å². The van der Waals surface area contributed by atoms with Crippen molar-refractivity contribution in [1.82, 2.24) is 10.2 Å². The van der Waals surface area contributed by atoms with E-state index < -0.39 is 30.0 Å². The second-order valence-corrected chi connectivity index (χ2v) is 9.23. The van der Waals surface area contributed by atoms with Crippen LogP contribution in [0.5, 0.6) is 0 Å². The maximum Gasteiger partial charge on any atom is 0.341 e. The third-order valence-corrected chi connectivity index (χ3v) is 6.93. The van der Waals surface area contributed by atoms with Crippen LogP contribution in [0.25, 0.3) is 11.3 Å². The number of furan rings is 1. The Kier molecular flexibility index (Phi) is 6.55. The number of urea groups is 1. The Labute approximate surface area is 195 Å². The van der Waals surface area contributed by atoms with Crippen LogP contribution in [0.1, 0.15) is 61.6 Å². The summed E-state index contributed by atoms with van der Waals surface area (Å²) in [5.41, 5.74) is -0.215. The Hall–Kier alpha value is -3.14. The summed E-state index contributed by atoms with van der Waals surface area (Å²) in [6, 6.07) is 2.97. The van der Waals surface area contributed by atoms with Gasteiger partial charge < -0.3 is 19.8 Å². The van der Waals surface area contributed by atoms with Gasteiger partial charge in [-0.05, 0) is 38.8 Å².